The summed E-state index contributed by atoms with van der Waals surface area (Å²) in [5.74, 6) is 3.32. The van der Waals surface area contributed by atoms with Crippen molar-refractivity contribution in [3.63, 3.8) is 0 Å². The van der Waals surface area contributed by atoms with Crippen LogP contribution in [-0.2, 0) is 11.3 Å². The molecular weight excluding hydrogens is 386 g/mol. The number of fused-ring (bicyclic) bond motifs is 5. The highest BCUT2D eigenvalue weighted by Crippen LogP contribution is 2.67. The summed E-state index contributed by atoms with van der Waals surface area (Å²) in [5.41, 5.74) is 0.408. The third-order valence-corrected chi connectivity index (χ3v) is 10.2. The molecule has 1 aromatic rings. The Labute approximate surface area is 186 Å². The summed E-state index contributed by atoms with van der Waals surface area (Å²) < 4.78 is 1.64. The molecule has 4 saturated carbocycles. The van der Waals surface area contributed by atoms with Gasteiger partial charge in [0.15, 0.2) is 5.78 Å². The van der Waals surface area contributed by atoms with Crippen LogP contribution in [0.3, 0.4) is 0 Å². The van der Waals surface area contributed by atoms with Crippen LogP contribution in [0.5, 0.6) is 0 Å². The lowest BCUT2D eigenvalue weighted by atomic mass is 9.45. The maximum atomic E-state index is 13.3. The Balaban J connectivity index is 1.33. The fraction of sp³-hybridized carbons (Fsp3) is 0.808. The van der Waals surface area contributed by atoms with Crippen LogP contribution in [0.4, 0.5) is 0 Å². The highest BCUT2D eigenvalue weighted by Gasteiger charge is 2.60. The summed E-state index contributed by atoms with van der Waals surface area (Å²) in [7, 11) is 0. The maximum absolute atomic E-state index is 13.3. The van der Waals surface area contributed by atoms with Crippen molar-refractivity contribution in [2.45, 2.75) is 90.7 Å². The first kappa shape index (κ1) is 21.2. The average molecular weight is 424 g/mol. The van der Waals surface area contributed by atoms with E-state index in [0.717, 1.165) is 49.9 Å². The largest absolute Gasteiger partial charge is 0.390 e. The number of rotatable bonds is 3. The van der Waals surface area contributed by atoms with Gasteiger partial charge in [-0.15, -0.1) is 0 Å². The SMILES string of the molecule is CC12CC[C@@H]3[C@H](CCC4(C)[C@@H](C(=O)Cn5cc(C#N)cn5)CC[C@@H]34)C1CC[C@@](C)(O)C2. The first-order valence-electron chi connectivity index (χ1n) is 12.3. The summed E-state index contributed by atoms with van der Waals surface area (Å²) in [6.45, 7) is 7.16. The molecule has 0 aromatic carbocycles. The van der Waals surface area contributed by atoms with E-state index in [0.29, 0.717) is 23.8 Å². The lowest BCUT2D eigenvalue weighted by Gasteiger charge is -2.60. The molecule has 0 aliphatic heterocycles. The van der Waals surface area contributed by atoms with Gasteiger partial charge in [0.2, 0.25) is 0 Å². The highest BCUT2D eigenvalue weighted by atomic mass is 16.3. The fourth-order valence-electron chi connectivity index (χ4n) is 8.94. The molecule has 4 aliphatic carbocycles. The number of nitriles is 1. The van der Waals surface area contributed by atoms with Gasteiger partial charge in [0.05, 0.1) is 23.9 Å². The molecular formula is C26H37N3O2. The van der Waals surface area contributed by atoms with Crippen molar-refractivity contribution in [1.82, 2.24) is 9.78 Å². The van der Waals surface area contributed by atoms with Gasteiger partial charge >= 0.3 is 0 Å². The number of hydrogen-bond acceptors (Lipinski definition) is 4. The minimum absolute atomic E-state index is 0.108. The van der Waals surface area contributed by atoms with Gasteiger partial charge in [0.1, 0.15) is 6.07 Å². The Morgan fingerprint density at radius 2 is 1.87 bits per heavy atom. The van der Waals surface area contributed by atoms with Crippen LogP contribution in [0.2, 0.25) is 0 Å². The molecule has 1 aromatic heterocycles. The van der Waals surface area contributed by atoms with Crippen molar-refractivity contribution in [1.29, 1.82) is 5.26 Å². The topological polar surface area (TPSA) is 78.9 Å². The molecule has 4 fully saturated rings. The second-order valence-corrected chi connectivity index (χ2v) is 12.1. The standard InChI is InChI=1S/C26H37N3O2/c1-24-9-6-19-18(20(24)8-10-25(2,31)16-24)7-11-26(3)21(19)4-5-22(26)23(30)15-29-14-17(12-27)13-28-29/h13-14,18-22,31H,4-11,15-16H2,1-3H3/t18-,19+,20?,21-,22+,24?,25+,26?/m0/s1. The van der Waals surface area contributed by atoms with Crippen LogP contribution in [0.15, 0.2) is 12.4 Å². The molecule has 168 valence electrons. The summed E-state index contributed by atoms with van der Waals surface area (Å²) in [6.07, 6.45) is 13.3. The maximum Gasteiger partial charge on any atom is 0.157 e. The molecule has 0 amide bonds. The summed E-state index contributed by atoms with van der Waals surface area (Å²) in [4.78, 5) is 13.3. The van der Waals surface area contributed by atoms with Crippen molar-refractivity contribution < 1.29 is 9.90 Å². The van der Waals surface area contributed by atoms with Crippen molar-refractivity contribution in [2.75, 3.05) is 0 Å². The van der Waals surface area contributed by atoms with Gasteiger partial charge in [0, 0.05) is 12.1 Å². The zero-order chi connectivity index (χ0) is 22.0. The van der Waals surface area contributed by atoms with Gasteiger partial charge in [-0.25, -0.2) is 0 Å². The van der Waals surface area contributed by atoms with Gasteiger partial charge in [-0.1, -0.05) is 13.8 Å². The smallest absolute Gasteiger partial charge is 0.157 e. The molecule has 5 rings (SSSR count). The van der Waals surface area contributed by atoms with Crippen LogP contribution in [0.1, 0.15) is 84.1 Å². The highest BCUT2D eigenvalue weighted by molar-refractivity contribution is 5.82. The molecule has 5 heteroatoms. The van der Waals surface area contributed by atoms with E-state index in [1.807, 2.05) is 6.92 Å². The molecule has 0 radical (unpaired) electrons. The van der Waals surface area contributed by atoms with E-state index in [1.165, 1.54) is 31.9 Å². The lowest BCUT2D eigenvalue weighted by Crippen LogP contribution is -2.54. The van der Waals surface area contributed by atoms with E-state index in [-0.39, 0.29) is 16.7 Å². The van der Waals surface area contributed by atoms with Crippen molar-refractivity contribution in [2.24, 2.45) is 40.4 Å². The number of ketones is 1. The third-order valence-electron chi connectivity index (χ3n) is 10.2. The molecule has 8 atom stereocenters. The van der Waals surface area contributed by atoms with Crippen molar-refractivity contribution in [3.8, 4) is 6.07 Å². The third kappa shape index (κ3) is 3.37. The Morgan fingerprint density at radius 3 is 2.61 bits per heavy atom. The molecule has 0 bridgehead atoms. The Kier molecular flexibility index (Phi) is 4.90. The Morgan fingerprint density at radius 1 is 1.13 bits per heavy atom. The quantitative estimate of drug-likeness (QED) is 0.762. The summed E-state index contributed by atoms with van der Waals surface area (Å²) in [6, 6.07) is 2.09. The normalized spacial score (nSPS) is 46.5. The average Bonchev–Trinajstić information content (AvgIpc) is 3.29. The number of Topliss-reactive ketones (excluding diaryl/α,β-unsaturated/α-hetero) is 1. The number of carbonyl (C=O) groups is 1. The lowest BCUT2D eigenvalue weighted by molar-refractivity contribution is -0.145. The fourth-order valence-corrected chi connectivity index (χ4v) is 8.94. The molecule has 0 saturated heterocycles. The van der Waals surface area contributed by atoms with Crippen molar-refractivity contribution >= 4 is 5.78 Å². The van der Waals surface area contributed by atoms with E-state index in [2.05, 4.69) is 25.0 Å². The van der Waals surface area contributed by atoms with E-state index in [9.17, 15) is 9.90 Å². The minimum atomic E-state index is -0.496. The zero-order valence-corrected chi connectivity index (χ0v) is 19.3. The molecule has 1 N–H and O–H groups in total. The van der Waals surface area contributed by atoms with Crippen LogP contribution >= 0.6 is 0 Å². The number of carbonyl (C=O) groups excluding carboxylic acids is 1. The number of aliphatic hydroxyl groups is 1. The number of nitrogens with zero attached hydrogens (tertiary/aromatic N) is 3. The van der Waals surface area contributed by atoms with Gasteiger partial charge in [-0.05, 0) is 99.2 Å². The predicted molar refractivity (Wildman–Crippen MR) is 118 cm³/mol. The van der Waals surface area contributed by atoms with Crippen LogP contribution < -0.4 is 0 Å². The second kappa shape index (κ2) is 7.17. The predicted octanol–water partition coefficient (Wildman–Crippen LogP) is 4.73. The molecule has 1 heterocycles. The van der Waals surface area contributed by atoms with Gasteiger partial charge < -0.3 is 5.11 Å². The Hall–Kier alpha value is -1.67. The van der Waals surface area contributed by atoms with E-state index in [4.69, 9.17) is 5.26 Å². The van der Waals surface area contributed by atoms with E-state index >= 15 is 0 Å². The van der Waals surface area contributed by atoms with Gasteiger partial charge in [-0.2, -0.15) is 10.4 Å². The number of aromatic nitrogens is 2. The molecule has 4 aliphatic rings. The minimum Gasteiger partial charge on any atom is -0.390 e. The molecule has 0 spiro atoms. The van der Waals surface area contributed by atoms with E-state index < -0.39 is 5.60 Å². The summed E-state index contributed by atoms with van der Waals surface area (Å²) in [5, 5.41) is 24.0. The van der Waals surface area contributed by atoms with E-state index in [1.54, 1.807) is 10.9 Å². The summed E-state index contributed by atoms with van der Waals surface area (Å²) >= 11 is 0. The van der Waals surface area contributed by atoms with Crippen LogP contribution in [-0.4, -0.2) is 26.3 Å². The van der Waals surface area contributed by atoms with Gasteiger partial charge in [-0.3, -0.25) is 9.48 Å². The first-order chi connectivity index (χ1) is 14.7. The van der Waals surface area contributed by atoms with Crippen LogP contribution in [0.25, 0.3) is 0 Å². The monoisotopic (exact) mass is 423 g/mol. The van der Waals surface area contributed by atoms with Crippen LogP contribution in [0, 0.1) is 51.8 Å². The van der Waals surface area contributed by atoms with Gasteiger partial charge in [0.25, 0.3) is 0 Å². The first-order valence-corrected chi connectivity index (χ1v) is 12.3. The second-order valence-electron chi connectivity index (χ2n) is 12.1. The molecule has 31 heavy (non-hydrogen) atoms. The Bertz CT molecular complexity index is 914. The van der Waals surface area contributed by atoms with Crippen molar-refractivity contribution in [3.05, 3.63) is 18.0 Å². The molecule has 5 nitrogen and oxygen atoms in total. The molecule has 3 unspecified atom stereocenters. The zero-order valence-electron chi connectivity index (χ0n) is 19.3. The number of hydrogen-bond donors (Lipinski definition) is 1.